The summed E-state index contributed by atoms with van der Waals surface area (Å²) in [5, 5.41) is 6.43. The molecule has 0 bridgehead atoms. The van der Waals surface area contributed by atoms with Gasteiger partial charge >= 0.3 is 6.03 Å². The lowest BCUT2D eigenvalue weighted by molar-refractivity contribution is 0.142. The van der Waals surface area contributed by atoms with Gasteiger partial charge in [0, 0.05) is 25.2 Å². The molecule has 86 valence electrons. The molecule has 0 aromatic heterocycles. The molecule has 4 nitrogen and oxygen atoms in total. The Hall–Kier alpha value is -0.770. The fraction of sp³-hybridized carbons (Fsp3) is 0.909. The van der Waals surface area contributed by atoms with Gasteiger partial charge in [0.25, 0.3) is 0 Å². The van der Waals surface area contributed by atoms with Crippen molar-refractivity contribution in [1.29, 1.82) is 0 Å². The lowest BCUT2D eigenvalue weighted by Crippen LogP contribution is -2.57. The number of piperidine rings is 1. The average Bonchev–Trinajstić information content (AvgIpc) is 2.30. The highest BCUT2D eigenvalue weighted by Gasteiger charge is 2.29. The van der Waals surface area contributed by atoms with E-state index >= 15 is 0 Å². The van der Waals surface area contributed by atoms with E-state index in [9.17, 15) is 4.79 Å². The van der Waals surface area contributed by atoms with Crippen LogP contribution in [-0.4, -0.2) is 42.6 Å². The predicted octanol–water partition coefficient (Wildman–Crippen LogP) is 0.932. The Morgan fingerprint density at radius 2 is 2.20 bits per heavy atom. The van der Waals surface area contributed by atoms with Gasteiger partial charge in [0.05, 0.1) is 0 Å². The van der Waals surface area contributed by atoms with E-state index in [0.717, 1.165) is 26.1 Å². The van der Waals surface area contributed by atoms with Crippen molar-refractivity contribution in [1.82, 2.24) is 15.5 Å². The van der Waals surface area contributed by atoms with Crippen LogP contribution in [-0.2, 0) is 0 Å². The molecule has 0 aromatic rings. The fourth-order valence-corrected chi connectivity index (χ4v) is 2.54. The van der Waals surface area contributed by atoms with Gasteiger partial charge in [-0.3, -0.25) is 0 Å². The number of rotatable bonds is 2. The van der Waals surface area contributed by atoms with Gasteiger partial charge in [0.15, 0.2) is 0 Å². The first-order valence-corrected chi connectivity index (χ1v) is 6.07. The molecule has 2 rings (SSSR count). The molecular weight excluding hydrogens is 190 g/mol. The molecule has 2 aliphatic heterocycles. The lowest BCUT2D eigenvalue weighted by atomic mass is 9.97. The Morgan fingerprint density at radius 1 is 1.33 bits per heavy atom. The van der Waals surface area contributed by atoms with Crippen LogP contribution in [0, 0.1) is 0 Å². The predicted molar refractivity (Wildman–Crippen MR) is 59.8 cm³/mol. The average molecular weight is 211 g/mol. The topological polar surface area (TPSA) is 44.4 Å². The third-order valence-corrected chi connectivity index (χ3v) is 3.54. The van der Waals surface area contributed by atoms with Crippen LogP contribution >= 0.6 is 0 Å². The first-order chi connectivity index (χ1) is 7.29. The highest BCUT2D eigenvalue weighted by atomic mass is 16.2. The van der Waals surface area contributed by atoms with Gasteiger partial charge in [-0.05, 0) is 32.7 Å². The smallest absolute Gasteiger partial charge is 0.317 e. The minimum absolute atomic E-state index is 0.112. The second kappa shape index (κ2) is 4.84. The zero-order valence-corrected chi connectivity index (χ0v) is 9.46. The summed E-state index contributed by atoms with van der Waals surface area (Å²) in [4.78, 5) is 13.6. The summed E-state index contributed by atoms with van der Waals surface area (Å²) in [5.41, 5.74) is 0. The van der Waals surface area contributed by atoms with E-state index in [1.165, 1.54) is 19.3 Å². The van der Waals surface area contributed by atoms with E-state index in [4.69, 9.17) is 0 Å². The van der Waals surface area contributed by atoms with Crippen molar-refractivity contribution in [3.8, 4) is 0 Å². The maximum absolute atomic E-state index is 11.7. The highest BCUT2D eigenvalue weighted by molar-refractivity contribution is 5.75. The molecule has 2 unspecified atom stereocenters. The molecule has 0 aliphatic carbocycles. The van der Waals surface area contributed by atoms with Crippen molar-refractivity contribution in [3.05, 3.63) is 0 Å². The molecule has 0 radical (unpaired) electrons. The van der Waals surface area contributed by atoms with E-state index in [1.807, 2.05) is 4.90 Å². The molecular formula is C11H21N3O. The molecule has 0 aromatic carbocycles. The van der Waals surface area contributed by atoms with Gasteiger partial charge in [-0.2, -0.15) is 0 Å². The van der Waals surface area contributed by atoms with Crippen molar-refractivity contribution in [2.24, 2.45) is 0 Å². The quantitative estimate of drug-likeness (QED) is 0.713. The van der Waals surface area contributed by atoms with E-state index in [1.54, 1.807) is 0 Å². The molecule has 2 atom stereocenters. The highest BCUT2D eigenvalue weighted by Crippen LogP contribution is 2.16. The lowest BCUT2D eigenvalue weighted by Gasteiger charge is -2.39. The summed E-state index contributed by atoms with van der Waals surface area (Å²) >= 11 is 0. The Morgan fingerprint density at radius 3 is 2.87 bits per heavy atom. The number of nitrogens with zero attached hydrogens (tertiary/aromatic N) is 1. The van der Waals surface area contributed by atoms with Crippen LogP contribution in [0.3, 0.4) is 0 Å². The second-order valence-corrected chi connectivity index (χ2v) is 4.58. The van der Waals surface area contributed by atoms with Gasteiger partial charge in [-0.25, -0.2) is 4.79 Å². The molecule has 2 aliphatic rings. The number of carbonyl (C=O) groups excluding carboxylic acids is 1. The SMILES string of the molecule is CC(C1CCCCN1)N1CCCNC1=O. The van der Waals surface area contributed by atoms with E-state index in [-0.39, 0.29) is 6.03 Å². The van der Waals surface area contributed by atoms with Crippen molar-refractivity contribution in [3.63, 3.8) is 0 Å². The fourth-order valence-electron chi connectivity index (χ4n) is 2.54. The number of carbonyl (C=O) groups is 1. The first-order valence-electron chi connectivity index (χ1n) is 6.07. The van der Waals surface area contributed by atoms with Crippen molar-refractivity contribution in [2.45, 2.75) is 44.7 Å². The molecule has 2 fully saturated rings. The normalized spacial score (nSPS) is 29.8. The summed E-state index contributed by atoms with van der Waals surface area (Å²) in [6.45, 7) is 5.00. The van der Waals surface area contributed by atoms with Crippen molar-refractivity contribution in [2.75, 3.05) is 19.6 Å². The Labute approximate surface area is 91.4 Å². The van der Waals surface area contributed by atoms with Crippen LogP contribution in [0.1, 0.15) is 32.6 Å². The van der Waals surface area contributed by atoms with Crippen molar-refractivity contribution >= 4 is 6.03 Å². The number of urea groups is 1. The minimum Gasteiger partial charge on any atom is -0.338 e. The zero-order chi connectivity index (χ0) is 10.7. The molecule has 2 amide bonds. The molecule has 2 saturated heterocycles. The van der Waals surface area contributed by atoms with Crippen LogP contribution in [0.5, 0.6) is 0 Å². The maximum Gasteiger partial charge on any atom is 0.317 e. The summed E-state index contributed by atoms with van der Waals surface area (Å²) in [6, 6.07) is 0.925. The van der Waals surface area contributed by atoms with Crippen molar-refractivity contribution < 1.29 is 4.79 Å². The van der Waals surface area contributed by atoms with E-state index < -0.39 is 0 Å². The Bertz CT molecular complexity index is 226. The second-order valence-electron chi connectivity index (χ2n) is 4.58. The standard InChI is InChI=1S/C11H21N3O/c1-9(10-5-2-3-6-12-10)14-8-4-7-13-11(14)15/h9-10,12H,2-8H2,1H3,(H,13,15). The molecule has 4 heteroatoms. The maximum atomic E-state index is 11.7. The Kier molecular flexibility index (Phi) is 3.46. The summed E-state index contributed by atoms with van der Waals surface area (Å²) in [5.74, 6) is 0. The van der Waals surface area contributed by atoms with Crippen LogP contribution in [0.2, 0.25) is 0 Å². The van der Waals surface area contributed by atoms with Gasteiger partial charge in [-0.1, -0.05) is 6.42 Å². The van der Waals surface area contributed by atoms with Crippen LogP contribution in [0.25, 0.3) is 0 Å². The van der Waals surface area contributed by atoms with Gasteiger partial charge in [0.2, 0.25) is 0 Å². The Balaban J connectivity index is 1.92. The van der Waals surface area contributed by atoms with Gasteiger partial charge < -0.3 is 15.5 Å². The molecule has 0 spiro atoms. The minimum atomic E-state index is 0.112. The number of amides is 2. The van der Waals surface area contributed by atoms with Gasteiger partial charge in [-0.15, -0.1) is 0 Å². The monoisotopic (exact) mass is 211 g/mol. The van der Waals surface area contributed by atoms with E-state index in [0.29, 0.717) is 12.1 Å². The molecule has 2 N–H and O–H groups in total. The third-order valence-electron chi connectivity index (χ3n) is 3.54. The largest absolute Gasteiger partial charge is 0.338 e. The van der Waals surface area contributed by atoms with Crippen LogP contribution < -0.4 is 10.6 Å². The zero-order valence-electron chi connectivity index (χ0n) is 9.46. The van der Waals surface area contributed by atoms with Gasteiger partial charge in [0.1, 0.15) is 0 Å². The number of hydrogen-bond acceptors (Lipinski definition) is 2. The molecule has 0 saturated carbocycles. The van der Waals surface area contributed by atoms with Crippen LogP contribution in [0.4, 0.5) is 4.79 Å². The first kappa shape index (κ1) is 10.7. The van der Waals surface area contributed by atoms with E-state index in [2.05, 4.69) is 17.6 Å². The molecule has 15 heavy (non-hydrogen) atoms. The summed E-state index contributed by atoms with van der Waals surface area (Å²) < 4.78 is 0. The number of hydrogen-bond donors (Lipinski definition) is 2. The molecule has 2 heterocycles. The number of nitrogens with one attached hydrogen (secondary N) is 2. The summed E-state index contributed by atoms with van der Waals surface area (Å²) in [7, 11) is 0. The summed E-state index contributed by atoms with van der Waals surface area (Å²) in [6.07, 6.45) is 4.83. The van der Waals surface area contributed by atoms with Crippen LogP contribution in [0.15, 0.2) is 0 Å². The third kappa shape index (κ3) is 2.43.